The summed E-state index contributed by atoms with van der Waals surface area (Å²) in [4.78, 5) is 19.3. The minimum atomic E-state index is -0.778. The summed E-state index contributed by atoms with van der Waals surface area (Å²) in [5.41, 5.74) is 1.68. The van der Waals surface area contributed by atoms with Crippen molar-refractivity contribution in [2.24, 2.45) is 5.16 Å². The second-order valence-corrected chi connectivity index (χ2v) is 3.60. The molecule has 92 valence electrons. The highest BCUT2D eigenvalue weighted by Gasteiger charge is 1.98. The van der Waals surface area contributed by atoms with Crippen molar-refractivity contribution in [2.45, 2.75) is 26.2 Å². The van der Waals surface area contributed by atoms with Gasteiger partial charge >= 0.3 is 5.97 Å². The first kappa shape index (κ1) is 13.2. The van der Waals surface area contributed by atoms with E-state index < -0.39 is 5.97 Å². The van der Waals surface area contributed by atoms with Crippen molar-refractivity contribution >= 4 is 11.7 Å². The third-order valence-electron chi connectivity index (χ3n) is 2.16. The van der Waals surface area contributed by atoms with Gasteiger partial charge in [0.15, 0.2) is 0 Å². The van der Waals surface area contributed by atoms with E-state index in [1.165, 1.54) is 0 Å². The van der Waals surface area contributed by atoms with Crippen LogP contribution < -0.4 is 0 Å². The zero-order valence-electron chi connectivity index (χ0n) is 9.80. The fourth-order valence-corrected chi connectivity index (χ4v) is 1.21. The summed E-state index contributed by atoms with van der Waals surface area (Å²) in [5, 5.41) is 12.4. The highest BCUT2D eigenvalue weighted by molar-refractivity contribution is 5.97. The largest absolute Gasteiger partial charge is 0.481 e. The van der Waals surface area contributed by atoms with Crippen molar-refractivity contribution in [1.29, 1.82) is 0 Å². The van der Waals surface area contributed by atoms with Gasteiger partial charge < -0.3 is 9.94 Å². The van der Waals surface area contributed by atoms with Crippen molar-refractivity contribution in [1.82, 2.24) is 4.98 Å². The van der Waals surface area contributed by atoms with Gasteiger partial charge in [-0.15, -0.1) is 0 Å². The molecule has 1 rings (SSSR count). The molecular formula is C12H16N2O3. The minimum Gasteiger partial charge on any atom is -0.481 e. The Hall–Kier alpha value is -1.91. The Morgan fingerprint density at radius 2 is 2.35 bits per heavy atom. The van der Waals surface area contributed by atoms with Crippen LogP contribution in [0.5, 0.6) is 0 Å². The molecular weight excluding hydrogens is 220 g/mol. The summed E-state index contributed by atoms with van der Waals surface area (Å²) in [6.45, 7) is 2.28. The normalized spacial score (nSPS) is 11.2. The first-order chi connectivity index (χ1) is 8.20. The Balaban J connectivity index is 2.23. The van der Waals surface area contributed by atoms with Crippen molar-refractivity contribution < 1.29 is 14.7 Å². The number of carbonyl (C=O) groups is 1. The zero-order chi connectivity index (χ0) is 12.5. The highest BCUT2D eigenvalue weighted by atomic mass is 16.6. The lowest BCUT2D eigenvalue weighted by atomic mass is 10.2. The summed E-state index contributed by atoms with van der Waals surface area (Å²) in [5.74, 6) is -0.778. The lowest BCUT2D eigenvalue weighted by Gasteiger charge is -2.01. The topological polar surface area (TPSA) is 71.8 Å². The number of oxime groups is 1. The number of rotatable bonds is 7. The Bertz CT molecular complexity index is 377. The number of pyridine rings is 1. The molecule has 17 heavy (non-hydrogen) atoms. The maximum absolute atomic E-state index is 10.2. The van der Waals surface area contributed by atoms with Gasteiger partial charge in [0, 0.05) is 24.4 Å². The molecule has 0 aromatic carbocycles. The number of aromatic nitrogens is 1. The molecule has 0 saturated carbocycles. The third-order valence-corrected chi connectivity index (χ3v) is 2.16. The first-order valence-corrected chi connectivity index (χ1v) is 5.49. The van der Waals surface area contributed by atoms with Crippen LogP contribution in [0, 0.1) is 0 Å². The van der Waals surface area contributed by atoms with Crippen molar-refractivity contribution in [3.8, 4) is 0 Å². The van der Waals surface area contributed by atoms with Crippen LogP contribution in [-0.4, -0.2) is 28.4 Å². The quantitative estimate of drug-likeness (QED) is 0.447. The zero-order valence-corrected chi connectivity index (χ0v) is 9.80. The average Bonchev–Trinajstić information content (AvgIpc) is 2.34. The van der Waals surface area contributed by atoms with Crippen LogP contribution in [0.1, 0.15) is 31.7 Å². The maximum Gasteiger partial charge on any atom is 0.303 e. The number of nitrogens with zero attached hydrogens (tertiary/aromatic N) is 2. The molecule has 0 bridgehead atoms. The molecule has 0 atom stereocenters. The number of hydrogen-bond acceptors (Lipinski definition) is 4. The lowest BCUT2D eigenvalue weighted by molar-refractivity contribution is -0.137. The molecule has 0 amide bonds. The van der Waals surface area contributed by atoms with E-state index in [0.717, 1.165) is 11.3 Å². The Kier molecular flexibility index (Phi) is 5.71. The van der Waals surface area contributed by atoms with Crippen LogP contribution >= 0.6 is 0 Å². The van der Waals surface area contributed by atoms with Gasteiger partial charge in [-0.2, -0.15) is 0 Å². The second-order valence-electron chi connectivity index (χ2n) is 3.60. The molecule has 1 heterocycles. The summed E-state index contributed by atoms with van der Waals surface area (Å²) >= 11 is 0. The van der Waals surface area contributed by atoms with Crippen LogP contribution in [0.15, 0.2) is 29.7 Å². The van der Waals surface area contributed by atoms with E-state index in [-0.39, 0.29) is 6.42 Å². The molecule has 0 spiro atoms. The monoisotopic (exact) mass is 236 g/mol. The molecule has 5 heteroatoms. The fourth-order valence-electron chi connectivity index (χ4n) is 1.21. The Morgan fingerprint density at radius 1 is 1.53 bits per heavy atom. The molecule has 0 fully saturated rings. The van der Waals surface area contributed by atoms with Gasteiger partial charge in [-0.25, -0.2) is 0 Å². The summed E-state index contributed by atoms with van der Waals surface area (Å²) in [6, 6.07) is 3.74. The Labute approximate surface area is 100 Å². The second kappa shape index (κ2) is 7.38. The fraction of sp³-hybridized carbons (Fsp3) is 0.417. The average molecular weight is 236 g/mol. The van der Waals surface area contributed by atoms with Gasteiger partial charge in [0.05, 0.1) is 5.71 Å². The smallest absolute Gasteiger partial charge is 0.303 e. The van der Waals surface area contributed by atoms with Gasteiger partial charge in [-0.05, 0) is 31.9 Å². The molecule has 0 aliphatic heterocycles. The van der Waals surface area contributed by atoms with E-state index >= 15 is 0 Å². The summed E-state index contributed by atoms with van der Waals surface area (Å²) < 4.78 is 0. The minimum absolute atomic E-state index is 0.175. The molecule has 1 N–H and O–H groups in total. The van der Waals surface area contributed by atoms with Gasteiger partial charge in [-0.1, -0.05) is 5.16 Å². The summed E-state index contributed by atoms with van der Waals surface area (Å²) in [6.07, 6.45) is 4.89. The third kappa shape index (κ3) is 5.65. The van der Waals surface area contributed by atoms with Crippen molar-refractivity contribution in [3.05, 3.63) is 30.1 Å². The number of carboxylic acids is 1. The standard InChI is InChI=1S/C12H16N2O3/c1-10(11-5-4-7-13-9-11)14-17-8-3-2-6-12(15)16/h4-5,7,9H,2-3,6,8H2,1H3,(H,15,16). The predicted octanol–water partition coefficient (Wildman–Crippen LogP) is 2.08. The number of aliphatic carboxylic acids is 1. The molecule has 0 radical (unpaired) electrons. The van der Waals surface area contributed by atoms with Crippen LogP contribution in [0.3, 0.4) is 0 Å². The van der Waals surface area contributed by atoms with Crippen LogP contribution in [0.4, 0.5) is 0 Å². The van der Waals surface area contributed by atoms with Gasteiger partial charge in [0.25, 0.3) is 0 Å². The lowest BCUT2D eigenvalue weighted by Crippen LogP contribution is -1.99. The van der Waals surface area contributed by atoms with Crippen LogP contribution in [-0.2, 0) is 9.63 Å². The van der Waals surface area contributed by atoms with E-state index in [1.54, 1.807) is 12.4 Å². The first-order valence-electron chi connectivity index (χ1n) is 5.49. The Morgan fingerprint density at radius 3 is 3.00 bits per heavy atom. The molecule has 1 aromatic heterocycles. The molecule has 0 unspecified atom stereocenters. The molecule has 0 saturated heterocycles. The van der Waals surface area contributed by atoms with E-state index in [1.807, 2.05) is 19.1 Å². The van der Waals surface area contributed by atoms with Gasteiger partial charge in [-0.3, -0.25) is 9.78 Å². The molecule has 5 nitrogen and oxygen atoms in total. The van der Waals surface area contributed by atoms with Crippen molar-refractivity contribution in [2.75, 3.05) is 6.61 Å². The van der Waals surface area contributed by atoms with Gasteiger partial charge in [0.2, 0.25) is 0 Å². The highest BCUT2D eigenvalue weighted by Crippen LogP contribution is 2.00. The van der Waals surface area contributed by atoms with E-state index in [0.29, 0.717) is 19.4 Å². The van der Waals surface area contributed by atoms with Crippen LogP contribution in [0.2, 0.25) is 0 Å². The van der Waals surface area contributed by atoms with E-state index in [2.05, 4.69) is 10.1 Å². The number of hydrogen-bond donors (Lipinski definition) is 1. The molecule has 0 aliphatic rings. The predicted molar refractivity (Wildman–Crippen MR) is 63.9 cm³/mol. The number of unbranched alkanes of at least 4 members (excludes halogenated alkanes) is 1. The SMILES string of the molecule is CC(=NOCCCCC(=O)O)c1cccnc1. The van der Waals surface area contributed by atoms with Crippen LogP contribution in [0.25, 0.3) is 0 Å². The summed E-state index contributed by atoms with van der Waals surface area (Å²) in [7, 11) is 0. The maximum atomic E-state index is 10.2. The van der Waals surface area contributed by atoms with E-state index in [4.69, 9.17) is 9.94 Å². The van der Waals surface area contributed by atoms with Gasteiger partial charge in [0.1, 0.15) is 6.61 Å². The van der Waals surface area contributed by atoms with Crippen molar-refractivity contribution in [3.63, 3.8) is 0 Å². The molecule has 1 aromatic rings. The molecule has 0 aliphatic carbocycles. The number of carboxylic acid groups (broad SMARTS) is 1. The van der Waals surface area contributed by atoms with E-state index in [9.17, 15) is 4.79 Å².